The normalized spacial score (nSPS) is 16.8. The number of hydrogen-bond donors (Lipinski definition) is 0. The highest BCUT2D eigenvalue weighted by atomic mass is 79.9. The summed E-state index contributed by atoms with van der Waals surface area (Å²) in [6, 6.07) is 5.74. The summed E-state index contributed by atoms with van der Waals surface area (Å²) in [4.78, 5) is 5.80. The first-order valence-electron chi connectivity index (χ1n) is 5.86. The average molecular weight is 334 g/mol. The number of alkyl halides is 3. The number of rotatable bonds is 1. The van der Waals surface area contributed by atoms with Crippen LogP contribution < -0.4 is 0 Å². The van der Waals surface area contributed by atoms with Gasteiger partial charge in [0.05, 0.1) is 24.1 Å². The molecule has 2 aromatic rings. The maximum Gasteiger partial charge on any atom is 0.401 e. The molecule has 3 rings (SSSR count). The summed E-state index contributed by atoms with van der Waals surface area (Å²) in [5.74, 6) is 0.698. The molecule has 102 valence electrons. The molecule has 7 heteroatoms. The van der Waals surface area contributed by atoms with Crippen molar-refractivity contribution in [2.45, 2.75) is 19.3 Å². The predicted octanol–water partition coefficient (Wildman–Crippen LogP) is 3.18. The topological polar surface area (TPSA) is 21.1 Å². The number of nitrogens with zero attached hydrogens (tertiary/aromatic N) is 3. The number of benzene rings is 1. The van der Waals surface area contributed by atoms with Crippen LogP contribution in [0.25, 0.3) is 11.0 Å². The van der Waals surface area contributed by atoms with Gasteiger partial charge in [-0.15, -0.1) is 0 Å². The molecule has 0 saturated heterocycles. The van der Waals surface area contributed by atoms with Crippen LogP contribution in [0.2, 0.25) is 0 Å². The highest BCUT2D eigenvalue weighted by molar-refractivity contribution is 9.10. The van der Waals surface area contributed by atoms with Gasteiger partial charge in [-0.1, -0.05) is 15.9 Å². The third-order valence-corrected chi connectivity index (χ3v) is 3.69. The Labute approximate surface area is 116 Å². The van der Waals surface area contributed by atoms with Crippen molar-refractivity contribution in [2.75, 3.05) is 13.1 Å². The number of fused-ring (bicyclic) bond motifs is 3. The van der Waals surface area contributed by atoms with E-state index in [9.17, 15) is 13.2 Å². The van der Waals surface area contributed by atoms with Crippen LogP contribution in [-0.4, -0.2) is 33.7 Å². The molecule has 1 aliphatic heterocycles. The highest BCUT2D eigenvalue weighted by Gasteiger charge is 2.32. The van der Waals surface area contributed by atoms with E-state index in [1.807, 2.05) is 22.8 Å². The van der Waals surface area contributed by atoms with E-state index in [2.05, 4.69) is 20.9 Å². The molecule has 1 aromatic heterocycles. The lowest BCUT2D eigenvalue weighted by Crippen LogP contribution is -2.39. The van der Waals surface area contributed by atoms with Crippen molar-refractivity contribution in [1.29, 1.82) is 0 Å². The second-order valence-electron chi connectivity index (χ2n) is 4.64. The van der Waals surface area contributed by atoms with Crippen molar-refractivity contribution in [2.24, 2.45) is 0 Å². The van der Waals surface area contributed by atoms with Gasteiger partial charge in [-0.05, 0) is 18.2 Å². The summed E-state index contributed by atoms with van der Waals surface area (Å²) < 4.78 is 40.1. The van der Waals surface area contributed by atoms with Crippen LogP contribution in [0.15, 0.2) is 22.7 Å². The summed E-state index contributed by atoms with van der Waals surface area (Å²) in [6.45, 7) is 0.309. The molecule has 0 radical (unpaired) electrons. The molecule has 0 bridgehead atoms. The van der Waals surface area contributed by atoms with Crippen LogP contribution in [0.5, 0.6) is 0 Å². The Kier molecular flexibility index (Phi) is 3.05. The molecule has 0 saturated carbocycles. The molecule has 2 heterocycles. The van der Waals surface area contributed by atoms with Crippen LogP contribution >= 0.6 is 15.9 Å². The molecule has 0 N–H and O–H groups in total. The van der Waals surface area contributed by atoms with Gasteiger partial charge in [0.15, 0.2) is 0 Å². The lowest BCUT2D eigenvalue weighted by atomic mass is 10.3. The maximum atomic E-state index is 12.4. The van der Waals surface area contributed by atoms with Gasteiger partial charge in [0, 0.05) is 17.6 Å². The molecule has 1 aromatic carbocycles. The van der Waals surface area contributed by atoms with Crippen molar-refractivity contribution < 1.29 is 13.2 Å². The zero-order valence-electron chi connectivity index (χ0n) is 9.91. The van der Waals surface area contributed by atoms with E-state index in [4.69, 9.17) is 0 Å². The van der Waals surface area contributed by atoms with Crippen LogP contribution in [-0.2, 0) is 13.1 Å². The molecule has 0 atom stereocenters. The monoisotopic (exact) mass is 333 g/mol. The van der Waals surface area contributed by atoms with E-state index in [1.165, 1.54) is 4.90 Å². The van der Waals surface area contributed by atoms with Gasteiger partial charge >= 0.3 is 6.18 Å². The van der Waals surface area contributed by atoms with Gasteiger partial charge in [-0.2, -0.15) is 13.2 Å². The lowest BCUT2D eigenvalue weighted by Gasteiger charge is -2.28. The molecule has 0 spiro atoms. The fourth-order valence-electron chi connectivity index (χ4n) is 2.43. The Morgan fingerprint density at radius 2 is 2.05 bits per heavy atom. The summed E-state index contributed by atoms with van der Waals surface area (Å²) in [6.07, 6.45) is -4.16. The Hall–Kier alpha value is -1.08. The standard InChI is InChI=1S/C12H11BrF3N3/c13-8-1-2-10-9(5-8)17-11-6-18(3-4-19(10)11)7-12(14,15)16/h1-2,5H,3-4,6-7H2. The molecule has 0 aliphatic carbocycles. The van der Waals surface area contributed by atoms with E-state index in [0.717, 1.165) is 15.5 Å². The number of aromatic nitrogens is 2. The van der Waals surface area contributed by atoms with Crippen LogP contribution in [0, 0.1) is 0 Å². The minimum atomic E-state index is -4.16. The molecule has 3 nitrogen and oxygen atoms in total. The largest absolute Gasteiger partial charge is 0.401 e. The van der Waals surface area contributed by atoms with Gasteiger partial charge in [-0.25, -0.2) is 4.98 Å². The van der Waals surface area contributed by atoms with Crippen LogP contribution in [0.3, 0.4) is 0 Å². The summed E-state index contributed by atoms with van der Waals surface area (Å²) >= 11 is 3.37. The second-order valence-corrected chi connectivity index (χ2v) is 5.55. The number of hydrogen-bond acceptors (Lipinski definition) is 2. The van der Waals surface area contributed by atoms with E-state index in [-0.39, 0.29) is 6.54 Å². The summed E-state index contributed by atoms with van der Waals surface area (Å²) in [5, 5.41) is 0. The second kappa shape index (κ2) is 4.49. The van der Waals surface area contributed by atoms with E-state index in [1.54, 1.807) is 0 Å². The average Bonchev–Trinajstić information content (AvgIpc) is 2.62. The van der Waals surface area contributed by atoms with Crippen LogP contribution in [0.1, 0.15) is 5.82 Å². The third kappa shape index (κ3) is 2.62. The van der Waals surface area contributed by atoms with Crippen LogP contribution in [0.4, 0.5) is 13.2 Å². The Morgan fingerprint density at radius 3 is 2.79 bits per heavy atom. The van der Waals surface area contributed by atoms with E-state index >= 15 is 0 Å². The molecule has 1 aliphatic rings. The molecule has 19 heavy (non-hydrogen) atoms. The minimum absolute atomic E-state index is 0.242. The van der Waals surface area contributed by atoms with E-state index in [0.29, 0.717) is 18.9 Å². The third-order valence-electron chi connectivity index (χ3n) is 3.20. The quantitative estimate of drug-likeness (QED) is 0.799. The summed E-state index contributed by atoms with van der Waals surface area (Å²) in [7, 11) is 0. The SMILES string of the molecule is FC(F)(F)CN1CCn2c(nc3cc(Br)ccc32)C1. The molecular formula is C12H11BrF3N3. The van der Waals surface area contributed by atoms with Crippen molar-refractivity contribution in [3.8, 4) is 0 Å². The van der Waals surface area contributed by atoms with Crippen molar-refractivity contribution >= 4 is 27.0 Å². The first kappa shape index (κ1) is 12.9. The number of halogens is 4. The van der Waals surface area contributed by atoms with Crippen molar-refractivity contribution in [3.63, 3.8) is 0 Å². The predicted molar refractivity (Wildman–Crippen MR) is 68.8 cm³/mol. The first-order valence-corrected chi connectivity index (χ1v) is 6.65. The van der Waals surface area contributed by atoms with Gasteiger partial charge in [-0.3, -0.25) is 4.90 Å². The van der Waals surface area contributed by atoms with Gasteiger partial charge < -0.3 is 4.57 Å². The maximum absolute atomic E-state index is 12.4. The van der Waals surface area contributed by atoms with E-state index < -0.39 is 12.7 Å². The molecule has 0 amide bonds. The smallest absolute Gasteiger partial charge is 0.326 e. The highest BCUT2D eigenvalue weighted by Crippen LogP contribution is 2.25. The zero-order chi connectivity index (χ0) is 13.6. The van der Waals surface area contributed by atoms with Gasteiger partial charge in [0.2, 0.25) is 0 Å². The minimum Gasteiger partial charge on any atom is -0.326 e. The molecule has 0 unspecified atom stereocenters. The Bertz CT molecular complexity index is 620. The van der Waals surface area contributed by atoms with Gasteiger partial charge in [0.25, 0.3) is 0 Å². The fraction of sp³-hybridized carbons (Fsp3) is 0.417. The molecular weight excluding hydrogens is 323 g/mol. The Balaban J connectivity index is 1.91. The van der Waals surface area contributed by atoms with Gasteiger partial charge in [0.1, 0.15) is 5.82 Å². The summed E-state index contributed by atoms with van der Waals surface area (Å²) in [5.41, 5.74) is 1.79. The zero-order valence-corrected chi connectivity index (χ0v) is 11.5. The lowest BCUT2D eigenvalue weighted by molar-refractivity contribution is -0.148. The Morgan fingerprint density at radius 1 is 1.26 bits per heavy atom. The van der Waals surface area contributed by atoms with Crippen molar-refractivity contribution in [1.82, 2.24) is 14.5 Å². The van der Waals surface area contributed by atoms with Crippen molar-refractivity contribution in [3.05, 3.63) is 28.5 Å². The number of imidazole rings is 1. The fourth-order valence-corrected chi connectivity index (χ4v) is 2.78. The first-order chi connectivity index (χ1) is 8.92. The molecule has 0 fully saturated rings.